The Kier molecular flexibility index (Phi) is 3.15. The zero-order valence-corrected chi connectivity index (χ0v) is 13.0. The van der Waals surface area contributed by atoms with Gasteiger partial charge in [0, 0.05) is 18.6 Å². The first-order valence-electron chi connectivity index (χ1n) is 5.99. The van der Waals surface area contributed by atoms with E-state index in [0.29, 0.717) is 0 Å². The van der Waals surface area contributed by atoms with Gasteiger partial charge in [-0.1, -0.05) is 23.7 Å². The highest BCUT2D eigenvalue weighted by Crippen LogP contribution is 2.27. The first-order valence-corrected chi connectivity index (χ1v) is 7.16. The molecule has 0 fully saturated rings. The summed E-state index contributed by atoms with van der Waals surface area (Å²) in [5.74, 6) is 0. The van der Waals surface area contributed by atoms with Gasteiger partial charge in [0.05, 0.1) is 32.9 Å². The first-order chi connectivity index (χ1) is 9.08. The topological polar surface area (TPSA) is 22.8 Å². The van der Waals surface area contributed by atoms with E-state index < -0.39 is 0 Å². The molecule has 0 aliphatic rings. The largest absolute Gasteiger partial charge is 0.340 e. The molecule has 0 saturated carbocycles. The molecule has 0 N–H and O–H groups in total. The molecule has 2 aromatic heterocycles. The van der Waals surface area contributed by atoms with Crippen LogP contribution < -0.4 is 0 Å². The lowest BCUT2D eigenvalue weighted by molar-refractivity contribution is 0.672. The number of nitrogens with zero attached hydrogens (tertiary/aromatic N) is 3. The van der Waals surface area contributed by atoms with Gasteiger partial charge in [-0.05, 0) is 35.0 Å². The molecule has 0 unspecified atom stereocenters. The van der Waals surface area contributed by atoms with E-state index >= 15 is 0 Å². The predicted octanol–water partition coefficient (Wildman–Crippen LogP) is 4.15. The van der Waals surface area contributed by atoms with Gasteiger partial charge in [0.2, 0.25) is 0 Å². The lowest BCUT2D eigenvalue weighted by Gasteiger charge is -2.08. The Bertz CT molecular complexity index is 757. The molecule has 19 heavy (non-hydrogen) atoms. The second-order valence-electron chi connectivity index (χ2n) is 4.59. The Balaban J connectivity index is 2.11. The molecule has 5 heteroatoms. The van der Waals surface area contributed by atoms with Crippen LogP contribution in [0, 0.1) is 6.92 Å². The Morgan fingerprint density at radius 3 is 2.79 bits per heavy atom. The highest BCUT2D eigenvalue weighted by molar-refractivity contribution is 9.10. The van der Waals surface area contributed by atoms with Crippen molar-refractivity contribution in [3.05, 3.63) is 51.3 Å². The molecule has 0 radical (unpaired) electrons. The van der Waals surface area contributed by atoms with E-state index in [4.69, 9.17) is 11.6 Å². The van der Waals surface area contributed by atoms with Gasteiger partial charge in [-0.15, -0.1) is 0 Å². The van der Waals surface area contributed by atoms with E-state index in [2.05, 4.69) is 43.9 Å². The minimum atomic E-state index is 0.741. The number of para-hydroxylation sites is 1. The Labute approximate surface area is 124 Å². The van der Waals surface area contributed by atoms with Crippen molar-refractivity contribution in [2.45, 2.75) is 13.5 Å². The number of fused-ring (bicyclic) bond motifs is 1. The maximum Gasteiger partial charge on any atom is 0.0739 e. The maximum absolute atomic E-state index is 6.30. The van der Waals surface area contributed by atoms with E-state index in [1.54, 1.807) is 0 Å². The lowest BCUT2D eigenvalue weighted by atomic mass is 10.2. The second kappa shape index (κ2) is 4.69. The number of halogens is 2. The molecule has 3 nitrogen and oxygen atoms in total. The van der Waals surface area contributed by atoms with Gasteiger partial charge in [0.25, 0.3) is 0 Å². The fourth-order valence-electron chi connectivity index (χ4n) is 2.36. The van der Waals surface area contributed by atoms with Gasteiger partial charge in [-0.3, -0.25) is 4.68 Å². The number of aromatic nitrogens is 3. The van der Waals surface area contributed by atoms with Crippen molar-refractivity contribution >= 4 is 38.4 Å². The third kappa shape index (κ3) is 2.09. The molecule has 0 saturated heterocycles. The minimum absolute atomic E-state index is 0.741. The van der Waals surface area contributed by atoms with Crippen LogP contribution in [0.3, 0.4) is 0 Å². The molecule has 0 spiro atoms. The van der Waals surface area contributed by atoms with E-state index in [1.807, 2.05) is 30.8 Å². The summed E-state index contributed by atoms with van der Waals surface area (Å²) in [6.07, 6.45) is 2.06. The third-order valence-corrected chi connectivity index (χ3v) is 4.66. The molecule has 0 atom stereocenters. The van der Waals surface area contributed by atoms with Gasteiger partial charge in [-0.25, -0.2) is 0 Å². The van der Waals surface area contributed by atoms with Crippen LogP contribution >= 0.6 is 27.5 Å². The summed E-state index contributed by atoms with van der Waals surface area (Å²) in [6.45, 7) is 2.74. The van der Waals surface area contributed by atoms with Crippen LogP contribution in [0.2, 0.25) is 5.02 Å². The summed E-state index contributed by atoms with van der Waals surface area (Å²) in [5, 5.41) is 6.35. The van der Waals surface area contributed by atoms with Gasteiger partial charge < -0.3 is 4.57 Å². The first kappa shape index (κ1) is 12.8. The molecule has 2 heterocycles. The third-order valence-electron chi connectivity index (χ3n) is 3.32. The fraction of sp³-hybridized carbons (Fsp3) is 0.214. The average Bonchev–Trinajstić information content (AvgIpc) is 2.88. The molecule has 98 valence electrons. The van der Waals surface area contributed by atoms with Crippen molar-refractivity contribution in [2.24, 2.45) is 7.05 Å². The zero-order chi connectivity index (χ0) is 13.6. The monoisotopic (exact) mass is 337 g/mol. The molecule has 0 bridgehead atoms. The molecule has 3 rings (SSSR count). The molecule has 1 aromatic carbocycles. The van der Waals surface area contributed by atoms with Crippen LogP contribution in [-0.4, -0.2) is 14.3 Å². The van der Waals surface area contributed by atoms with Crippen molar-refractivity contribution in [2.75, 3.05) is 0 Å². The Hall–Kier alpha value is -1.26. The summed E-state index contributed by atoms with van der Waals surface area (Å²) in [7, 11) is 1.96. The van der Waals surface area contributed by atoms with Crippen LogP contribution in [0.4, 0.5) is 0 Å². The highest BCUT2D eigenvalue weighted by atomic mass is 79.9. The molecular formula is C14H13BrClN3. The van der Waals surface area contributed by atoms with Crippen LogP contribution in [-0.2, 0) is 13.6 Å². The quantitative estimate of drug-likeness (QED) is 0.688. The number of aryl methyl sites for hydroxylation is 2. The number of hydrogen-bond acceptors (Lipinski definition) is 1. The summed E-state index contributed by atoms with van der Waals surface area (Å²) < 4.78 is 5.12. The second-order valence-corrected chi connectivity index (χ2v) is 5.79. The number of rotatable bonds is 2. The minimum Gasteiger partial charge on any atom is -0.340 e. The SMILES string of the molecule is Cc1nn(C)c(Cn2ccc3cccc(Cl)c32)c1Br. The van der Waals surface area contributed by atoms with Crippen molar-refractivity contribution in [3.63, 3.8) is 0 Å². The van der Waals surface area contributed by atoms with Crippen molar-refractivity contribution < 1.29 is 0 Å². The van der Waals surface area contributed by atoms with E-state index in [0.717, 1.165) is 38.3 Å². The van der Waals surface area contributed by atoms with Crippen LogP contribution in [0.1, 0.15) is 11.4 Å². The average molecular weight is 339 g/mol. The van der Waals surface area contributed by atoms with Gasteiger partial charge in [0.15, 0.2) is 0 Å². The number of hydrogen-bond donors (Lipinski definition) is 0. The van der Waals surface area contributed by atoms with E-state index in [1.165, 1.54) is 0 Å². The van der Waals surface area contributed by atoms with E-state index in [-0.39, 0.29) is 0 Å². The molecule has 0 aliphatic carbocycles. The molecule has 3 aromatic rings. The fourth-order valence-corrected chi connectivity index (χ4v) is 3.11. The summed E-state index contributed by atoms with van der Waals surface area (Å²) >= 11 is 9.90. The van der Waals surface area contributed by atoms with Gasteiger partial charge in [-0.2, -0.15) is 5.10 Å². The molecule has 0 amide bonds. The van der Waals surface area contributed by atoms with Crippen molar-refractivity contribution in [1.29, 1.82) is 0 Å². The van der Waals surface area contributed by atoms with Crippen LogP contribution in [0.15, 0.2) is 34.9 Å². The Morgan fingerprint density at radius 2 is 2.11 bits per heavy atom. The number of benzene rings is 1. The predicted molar refractivity (Wildman–Crippen MR) is 81.7 cm³/mol. The lowest BCUT2D eigenvalue weighted by Crippen LogP contribution is -2.05. The van der Waals surface area contributed by atoms with E-state index in [9.17, 15) is 0 Å². The standard InChI is InChI=1S/C14H13BrClN3/c1-9-13(15)12(18(2)17-9)8-19-7-6-10-4-3-5-11(16)14(10)19/h3-7H,8H2,1-2H3. The van der Waals surface area contributed by atoms with Gasteiger partial charge >= 0.3 is 0 Å². The normalized spacial score (nSPS) is 11.4. The zero-order valence-electron chi connectivity index (χ0n) is 10.7. The Morgan fingerprint density at radius 1 is 1.32 bits per heavy atom. The molecular weight excluding hydrogens is 326 g/mol. The van der Waals surface area contributed by atoms with Crippen molar-refractivity contribution in [1.82, 2.24) is 14.3 Å². The van der Waals surface area contributed by atoms with Crippen molar-refractivity contribution in [3.8, 4) is 0 Å². The molecule has 0 aliphatic heterocycles. The van der Waals surface area contributed by atoms with Gasteiger partial charge in [0.1, 0.15) is 0 Å². The maximum atomic E-state index is 6.30. The van der Waals surface area contributed by atoms with Crippen LogP contribution in [0.25, 0.3) is 10.9 Å². The highest BCUT2D eigenvalue weighted by Gasteiger charge is 2.13. The van der Waals surface area contributed by atoms with Crippen LogP contribution in [0.5, 0.6) is 0 Å². The smallest absolute Gasteiger partial charge is 0.0739 e. The summed E-state index contributed by atoms with van der Waals surface area (Å²) in [4.78, 5) is 0. The summed E-state index contributed by atoms with van der Waals surface area (Å²) in [5.41, 5.74) is 3.20. The summed E-state index contributed by atoms with van der Waals surface area (Å²) in [6, 6.07) is 8.04.